The molecule has 0 unspecified atom stereocenters. The van der Waals surface area contributed by atoms with E-state index in [4.69, 9.17) is 11.6 Å². The Kier molecular flexibility index (Phi) is 4.07. The van der Waals surface area contributed by atoms with Crippen molar-refractivity contribution in [3.63, 3.8) is 0 Å². The smallest absolute Gasteiger partial charge is 0.291 e. The van der Waals surface area contributed by atoms with Crippen LogP contribution in [0.3, 0.4) is 0 Å². The quantitative estimate of drug-likeness (QED) is 0.682. The number of aromatic nitrogens is 3. The fourth-order valence-electron chi connectivity index (χ4n) is 2.57. The van der Waals surface area contributed by atoms with Crippen LogP contribution in [-0.2, 0) is 10.0 Å². The lowest BCUT2D eigenvalue weighted by atomic mass is 10.4. The molecule has 3 aromatic rings. The van der Waals surface area contributed by atoms with E-state index in [1.165, 1.54) is 16.7 Å². The summed E-state index contributed by atoms with van der Waals surface area (Å²) < 4.78 is 55.0. The first-order chi connectivity index (χ1) is 12.2. The molecule has 0 aromatic carbocycles. The second kappa shape index (κ2) is 5.95. The molecule has 0 saturated heterocycles. The number of sulfonamides is 1. The molecule has 6 nitrogen and oxygen atoms in total. The van der Waals surface area contributed by atoms with E-state index < -0.39 is 27.0 Å². The largest absolute Gasteiger partial charge is 0.311 e. The summed E-state index contributed by atoms with van der Waals surface area (Å²) in [4.78, 5) is -0.000765. The summed E-state index contributed by atoms with van der Waals surface area (Å²) in [6.07, 6.45) is 0.250. The molecule has 0 amide bonds. The molecule has 0 spiro atoms. The van der Waals surface area contributed by atoms with Gasteiger partial charge in [0.15, 0.2) is 10.0 Å². The molecule has 11 heteroatoms. The van der Waals surface area contributed by atoms with Crippen molar-refractivity contribution in [3.8, 4) is 10.7 Å². The van der Waals surface area contributed by atoms with Crippen LogP contribution in [0, 0.1) is 0 Å². The Hall–Kier alpha value is -1.62. The summed E-state index contributed by atoms with van der Waals surface area (Å²) in [5, 5.41) is 7.35. The predicted molar refractivity (Wildman–Crippen MR) is 94.2 cm³/mol. The maximum Gasteiger partial charge on any atom is 0.291 e. The normalized spacial score (nSPS) is 16.5. The maximum atomic E-state index is 12.8. The first kappa shape index (κ1) is 17.8. The molecule has 1 aliphatic rings. The summed E-state index contributed by atoms with van der Waals surface area (Å²) in [7, 11) is -3.76. The van der Waals surface area contributed by atoms with Crippen molar-refractivity contribution in [2.75, 3.05) is 0 Å². The average Bonchev–Trinajstić information content (AvgIpc) is 3.00. The van der Waals surface area contributed by atoms with Crippen molar-refractivity contribution >= 4 is 38.5 Å². The van der Waals surface area contributed by atoms with Crippen molar-refractivity contribution in [1.82, 2.24) is 19.3 Å². The van der Waals surface area contributed by atoms with Gasteiger partial charge >= 0.3 is 0 Å². The number of hydrogen-bond acceptors (Lipinski definition) is 5. The highest BCUT2D eigenvalue weighted by Gasteiger charge is 2.41. The molecule has 1 fully saturated rings. The molecule has 1 saturated carbocycles. The molecule has 26 heavy (non-hydrogen) atoms. The van der Waals surface area contributed by atoms with E-state index in [1.54, 1.807) is 12.1 Å². The van der Waals surface area contributed by atoms with Gasteiger partial charge in [0.2, 0.25) is 10.0 Å². The fraction of sp³-hybridized carbons (Fsp3) is 0.333. The Bertz CT molecular complexity index is 1110. The number of fused-ring (bicyclic) bond motifs is 1. The van der Waals surface area contributed by atoms with Crippen LogP contribution < -0.4 is 4.72 Å². The number of nitrogens with zero attached hydrogens (tertiary/aromatic N) is 3. The topological polar surface area (TPSA) is 76.4 Å². The summed E-state index contributed by atoms with van der Waals surface area (Å²) in [6, 6.07) is 4.69. The first-order valence-electron chi connectivity index (χ1n) is 7.65. The van der Waals surface area contributed by atoms with E-state index in [9.17, 15) is 17.2 Å². The molecular formula is C15H13ClF2N4O2S2. The van der Waals surface area contributed by atoms with Crippen LogP contribution >= 0.6 is 22.9 Å². The van der Waals surface area contributed by atoms with E-state index in [0.29, 0.717) is 11.2 Å². The highest BCUT2D eigenvalue weighted by atomic mass is 35.5. The van der Waals surface area contributed by atoms with Crippen molar-refractivity contribution in [2.45, 2.75) is 36.6 Å². The lowest BCUT2D eigenvalue weighted by Crippen LogP contribution is -2.34. The lowest BCUT2D eigenvalue weighted by Gasteiger charge is -2.13. The highest BCUT2D eigenvalue weighted by molar-refractivity contribution is 7.89. The van der Waals surface area contributed by atoms with Crippen molar-refractivity contribution < 1.29 is 17.2 Å². The van der Waals surface area contributed by atoms with Gasteiger partial charge in [-0.1, -0.05) is 22.9 Å². The SMILES string of the molecule is CC1(NS(=O)(=O)c2cc(Cl)c3ccc(-c4nnc(C(F)F)s4)n3c2)CC1. The van der Waals surface area contributed by atoms with Gasteiger partial charge in [-0.05, 0) is 38.0 Å². The van der Waals surface area contributed by atoms with Crippen LogP contribution in [0.4, 0.5) is 8.78 Å². The van der Waals surface area contributed by atoms with Crippen molar-refractivity contribution in [3.05, 3.63) is 34.4 Å². The fourth-order valence-corrected chi connectivity index (χ4v) is 5.11. The molecule has 1 aliphatic carbocycles. The Balaban J connectivity index is 1.82. The zero-order valence-corrected chi connectivity index (χ0v) is 15.8. The van der Waals surface area contributed by atoms with Crippen LogP contribution in [0.25, 0.3) is 16.2 Å². The number of pyridine rings is 1. The Labute approximate surface area is 156 Å². The number of alkyl halides is 2. The lowest BCUT2D eigenvalue weighted by molar-refractivity contribution is 0.150. The van der Waals surface area contributed by atoms with Crippen LogP contribution in [0.15, 0.2) is 29.3 Å². The van der Waals surface area contributed by atoms with Crippen LogP contribution in [-0.4, -0.2) is 28.6 Å². The highest BCUT2D eigenvalue weighted by Crippen LogP contribution is 2.37. The number of hydrogen-bond donors (Lipinski definition) is 1. The van der Waals surface area contributed by atoms with E-state index >= 15 is 0 Å². The third-order valence-corrected chi connectivity index (χ3v) is 7.09. The van der Waals surface area contributed by atoms with E-state index in [2.05, 4.69) is 14.9 Å². The Morgan fingerprint density at radius 2 is 2.08 bits per heavy atom. The minimum Gasteiger partial charge on any atom is -0.311 e. The molecule has 138 valence electrons. The number of halogens is 3. The van der Waals surface area contributed by atoms with E-state index in [-0.39, 0.29) is 14.9 Å². The second-order valence-corrected chi connectivity index (χ2v) is 9.51. The van der Waals surface area contributed by atoms with Gasteiger partial charge in [0, 0.05) is 11.7 Å². The Morgan fingerprint density at radius 1 is 1.35 bits per heavy atom. The molecule has 0 atom stereocenters. The molecule has 0 radical (unpaired) electrons. The summed E-state index contributed by atoms with van der Waals surface area (Å²) >= 11 is 7.00. The molecule has 1 N–H and O–H groups in total. The standard InChI is InChI=1S/C15H13ClF2N4O2S2/c1-15(4-5-15)21-26(23,24)8-6-9(16)10-2-3-11(22(10)7-8)13-19-20-14(25-13)12(17)18/h2-3,6-7,12,21H,4-5H2,1H3. The average molecular weight is 419 g/mol. The first-order valence-corrected chi connectivity index (χ1v) is 10.3. The van der Waals surface area contributed by atoms with Gasteiger partial charge in [-0.25, -0.2) is 21.9 Å². The van der Waals surface area contributed by atoms with Crippen LogP contribution in [0.1, 0.15) is 31.2 Å². The van der Waals surface area contributed by atoms with Gasteiger partial charge in [0.1, 0.15) is 4.90 Å². The third-order valence-electron chi connectivity index (χ3n) is 4.23. The minimum atomic E-state index is -3.76. The zero-order chi connectivity index (χ0) is 18.7. The zero-order valence-electron chi connectivity index (χ0n) is 13.4. The van der Waals surface area contributed by atoms with Crippen LogP contribution in [0.2, 0.25) is 5.02 Å². The summed E-state index contributed by atoms with van der Waals surface area (Å²) in [5.74, 6) is 0. The molecule has 4 rings (SSSR count). The maximum absolute atomic E-state index is 12.8. The van der Waals surface area contributed by atoms with Gasteiger partial charge in [-0.2, -0.15) is 0 Å². The molecular weight excluding hydrogens is 406 g/mol. The van der Waals surface area contributed by atoms with E-state index in [0.717, 1.165) is 24.2 Å². The second-order valence-electron chi connectivity index (χ2n) is 6.41. The monoisotopic (exact) mass is 418 g/mol. The van der Waals surface area contributed by atoms with Gasteiger partial charge in [0.05, 0.1) is 16.2 Å². The summed E-state index contributed by atoms with van der Waals surface area (Å²) in [6.45, 7) is 1.83. The Morgan fingerprint density at radius 3 is 2.69 bits per heavy atom. The van der Waals surface area contributed by atoms with Crippen molar-refractivity contribution in [1.29, 1.82) is 0 Å². The number of rotatable bonds is 5. The predicted octanol–water partition coefficient (Wildman–Crippen LogP) is 3.88. The van der Waals surface area contributed by atoms with Gasteiger partial charge < -0.3 is 4.40 Å². The molecule has 0 aliphatic heterocycles. The van der Waals surface area contributed by atoms with Gasteiger partial charge in [0.25, 0.3) is 6.43 Å². The molecule has 0 bridgehead atoms. The molecule has 3 aromatic heterocycles. The van der Waals surface area contributed by atoms with Gasteiger partial charge in [-0.3, -0.25) is 0 Å². The number of nitrogens with one attached hydrogen (secondary N) is 1. The van der Waals surface area contributed by atoms with Crippen LogP contribution in [0.5, 0.6) is 0 Å². The summed E-state index contributed by atoms with van der Waals surface area (Å²) in [5.41, 5.74) is 0.568. The molecule has 3 heterocycles. The van der Waals surface area contributed by atoms with Crippen molar-refractivity contribution in [2.24, 2.45) is 0 Å². The minimum absolute atomic E-state index is 0.000765. The third kappa shape index (κ3) is 3.11. The van der Waals surface area contributed by atoms with Gasteiger partial charge in [-0.15, -0.1) is 10.2 Å². The van der Waals surface area contributed by atoms with E-state index in [1.807, 2.05) is 6.92 Å².